The lowest BCUT2D eigenvalue weighted by Crippen LogP contribution is -2.01. The van der Waals surface area contributed by atoms with Crippen LogP contribution in [0.4, 0.5) is 4.39 Å². The molecular formula is C12H10ClFIN3. The van der Waals surface area contributed by atoms with E-state index >= 15 is 0 Å². The lowest BCUT2D eigenvalue weighted by molar-refractivity contribution is 0.621. The van der Waals surface area contributed by atoms with E-state index in [9.17, 15) is 4.39 Å². The van der Waals surface area contributed by atoms with Crippen molar-refractivity contribution in [2.24, 2.45) is 0 Å². The van der Waals surface area contributed by atoms with Gasteiger partial charge >= 0.3 is 0 Å². The lowest BCUT2D eigenvalue weighted by atomic mass is 10.2. The Morgan fingerprint density at radius 1 is 1.33 bits per heavy atom. The number of pyridine rings is 1. The van der Waals surface area contributed by atoms with E-state index in [-0.39, 0.29) is 5.82 Å². The highest BCUT2D eigenvalue weighted by Gasteiger charge is 2.12. The Labute approximate surface area is 123 Å². The summed E-state index contributed by atoms with van der Waals surface area (Å²) < 4.78 is 13.7. The number of hydrogen-bond donors (Lipinski definition) is 0. The average molecular weight is 378 g/mol. The van der Waals surface area contributed by atoms with Gasteiger partial charge in [0.25, 0.3) is 0 Å². The monoisotopic (exact) mass is 377 g/mol. The molecule has 0 saturated heterocycles. The Balaban J connectivity index is 2.48. The molecule has 0 radical (unpaired) electrons. The molecule has 0 unspecified atom stereocenters. The van der Waals surface area contributed by atoms with E-state index in [0.717, 1.165) is 28.3 Å². The van der Waals surface area contributed by atoms with Gasteiger partial charge in [-0.3, -0.25) is 0 Å². The van der Waals surface area contributed by atoms with Gasteiger partial charge in [-0.15, -0.1) is 0 Å². The maximum absolute atomic E-state index is 12.8. The van der Waals surface area contributed by atoms with Gasteiger partial charge in [-0.1, -0.05) is 24.9 Å². The Hall–Kier alpha value is -0.820. The predicted molar refractivity (Wildman–Crippen MR) is 76.9 cm³/mol. The summed E-state index contributed by atoms with van der Waals surface area (Å²) in [5.74, 6) is 0.0491. The molecule has 0 atom stereocenters. The van der Waals surface area contributed by atoms with E-state index in [0.29, 0.717) is 16.7 Å². The van der Waals surface area contributed by atoms with Crippen molar-refractivity contribution in [3.8, 4) is 11.5 Å². The van der Waals surface area contributed by atoms with Gasteiger partial charge in [-0.2, -0.15) is 0 Å². The number of nitrogens with zero attached hydrogens (tertiary/aromatic N) is 3. The fourth-order valence-electron chi connectivity index (χ4n) is 1.49. The van der Waals surface area contributed by atoms with Crippen LogP contribution in [0.15, 0.2) is 18.3 Å². The third-order valence-corrected chi connectivity index (χ3v) is 4.05. The van der Waals surface area contributed by atoms with E-state index in [1.165, 1.54) is 6.07 Å². The molecule has 2 heterocycles. The van der Waals surface area contributed by atoms with Crippen LogP contribution in [-0.4, -0.2) is 15.0 Å². The van der Waals surface area contributed by atoms with E-state index < -0.39 is 0 Å². The second-order valence-electron chi connectivity index (χ2n) is 3.71. The van der Waals surface area contributed by atoms with Gasteiger partial charge in [-0.05, 0) is 41.1 Å². The van der Waals surface area contributed by atoms with Crippen molar-refractivity contribution in [1.82, 2.24) is 15.0 Å². The summed E-state index contributed by atoms with van der Waals surface area (Å²) in [5.41, 5.74) is 1.42. The van der Waals surface area contributed by atoms with Crippen molar-refractivity contribution in [2.75, 3.05) is 0 Å². The molecule has 6 heteroatoms. The van der Waals surface area contributed by atoms with Gasteiger partial charge in [0.15, 0.2) is 5.82 Å². The molecule has 18 heavy (non-hydrogen) atoms. The van der Waals surface area contributed by atoms with Crippen LogP contribution in [0.25, 0.3) is 11.5 Å². The highest BCUT2D eigenvalue weighted by atomic mass is 127. The van der Waals surface area contributed by atoms with Gasteiger partial charge in [0.1, 0.15) is 16.7 Å². The van der Waals surface area contributed by atoms with Crippen molar-refractivity contribution in [3.05, 3.63) is 38.6 Å². The molecule has 0 aliphatic carbocycles. The molecule has 0 amide bonds. The van der Waals surface area contributed by atoms with Gasteiger partial charge in [0.05, 0.1) is 15.5 Å². The van der Waals surface area contributed by atoms with Gasteiger partial charge < -0.3 is 0 Å². The number of rotatable bonds is 3. The van der Waals surface area contributed by atoms with Crippen molar-refractivity contribution in [2.45, 2.75) is 19.8 Å². The molecular weight excluding hydrogens is 368 g/mol. The molecule has 2 aromatic heterocycles. The highest BCUT2D eigenvalue weighted by molar-refractivity contribution is 14.1. The molecule has 0 saturated carbocycles. The average Bonchev–Trinajstić information content (AvgIpc) is 2.36. The Morgan fingerprint density at radius 3 is 2.72 bits per heavy atom. The molecule has 0 spiro atoms. The van der Waals surface area contributed by atoms with Crippen LogP contribution in [0.5, 0.6) is 0 Å². The van der Waals surface area contributed by atoms with E-state index in [1.807, 2.05) is 0 Å². The highest BCUT2D eigenvalue weighted by Crippen LogP contribution is 2.23. The molecule has 0 aliphatic rings. The largest absolute Gasteiger partial charge is 0.250 e. The first-order valence-corrected chi connectivity index (χ1v) is 6.91. The van der Waals surface area contributed by atoms with Crippen LogP contribution in [0.1, 0.15) is 19.0 Å². The summed E-state index contributed by atoms with van der Waals surface area (Å²) in [6.45, 7) is 2.07. The molecule has 0 fully saturated rings. The van der Waals surface area contributed by atoms with Gasteiger partial charge in [-0.25, -0.2) is 19.3 Å². The lowest BCUT2D eigenvalue weighted by Gasteiger charge is -2.07. The van der Waals surface area contributed by atoms with E-state index in [1.54, 1.807) is 6.07 Å². The van der Waals surface area contributed by atoms with Crippen molar-refractivity contribution in [3.63, 3.8) is 0 Å². The predicted octanol–water partition coefficient (Wildman–Crippen LogP) is 3.89. The molecule has 0 aromatic carbocycles. The molecule has 2 rings (SSSR count). The fourth-order valence-corrected chi connectivity index (χ4v) is 2.19. The standard InChI is InChI=1S/C12H10ClFIN3/c1-2-3-8-10(15)11(13)18-12(17-8)9-5-4-7(14)6-16-9/h4-6H,2-3H2,1H3. The summed E-state index contributed by atoms with van der Waals surface area (Å²) in [5, 5.41) is 0.412. The maximum Gasteiger partial charge on any atom is 0.179 e. The fraction of sp³-hybridized carbons (Fsp3) is 0.250. The van der Waals surface area contributed by atoms with Crippen molar-refractivity contribution >= 4 is 34.2 Å². The Morgan fingerprint density at radius 2 is 2.11 bits per heavy atom. The summed E-state index contributed by atoms with van der Waals surface area (Å²) in [7, 11) is 0. The zero-order valence-corrected chi connectivity index (χ0v) is 12.5. The summed E-state index contributed by atoms with van der Waals surface area (Å²) in [6, 6.07) is 2.88. The zero-order valence-electron chi connectivity index (χ0n) is 9.62. The molecule has 0 N–H and O–H groups in total. The van der Waals surface area contributed by atoms with Gasteiger partial charge in [0, 0.05) is 0 Å². The second-order valence-corrected chi connectivity index (χ2v) is 5.15. The van der Waals surface area contributed by atoms with Crippen LogP contribution in [0.3, 0.4) is 0 Å². The maximum atomic E-state index is 12.8. The summed E-state index contributed by atoms with van der Waals surface area (Å²) in [4.78, 5) is 12.6. The molecule has 94 valence electrons. The van der Waals surface area contributed by atoms with Crippen LogP contribution in [0, 0.1) is 9.39 Å². The molecule has 0 bridgehead atoms. The minimum atomic E-state index is -0.385. The normalized spacial score (nSPS) is 10.7. The first-order valence-electron chi connectivity index (χ1n) is 5.45. The Kier molecular flexibility index (Phi) is 4.45. The number of halogens is 3. The van der Waals surface area contributed by atoms with Gasteiger partial charge in [0.2, 0.25) is 0 Å². The Bertz CT molecular complexity index is 560. The number of aromatic nitrogens is 3. The first kappa shape index (κ1) is 13.6. The third kappa shape index (κ3) is 2.95. The van der Waals surface area contributed by atoms with E-state index in [4.69, 9.17) is 11.6 Å². The number of aryl methyl sites for hydroxylation is 1. The third-order valence-electron chi connectivity index (χ3n) is 2.32. The van der Waals surface area contributed by atoms with Crippen LogP contribution in [-0.2, 0) is 6.42 Å². The SMILES string of the molecule is CCCc1nc(-c2ccc(F)cn2)nc(Cl)c1I. The van der Waals surface area contributed by atoms with E-state index in [2.05, 4.69) is 44.5 Å². The van der Waals surface area contributed by atoms with Crippen molar-refractivity contribution in [1.29, 1.82) is 0 Å². The number of hydrogen-bond acceptors (Lipinski definition) is 3. The van der Waals surface area contributed by atoms with Crippen molar-refractivity contribution < 1.29 is 4.39 Å². The molecule has 0 aliphatic heterocycles. The summed E-state index contributed by atoms with van der Waals surface area (Å²) >= 11 is 8.21. The second kappa shape index (κ2) is 5.88. The molecule has 2 aromatic rings. The molecule has 3 nitrogen and oxygen atoms in total. The van der Waals surface area contributed by atoms with Crippen LogP contribution < -0.4 is 0 Å². The smallest absolute Gasteiger partial charge is 0.179 e. The topological polar surface area (TPSA) is 38.7 Å². The minimum Gasteiger partial charge on any atom is -0.250 e. The van der Waals surface area contributed by atoms with Crippen LogP contribution >= 0.6 is 34.2 Å². The first-order chi connectivity index (χ1) is 8.61. The quantitative estimate of drug-likeness (QED) is 0.602. The summed E-state index contributed by atoms with van der Waals surface area (Å²) in [6.07, 6.45) is 2.94. The van der Waals surface area contributed by atoms with Crippen LogP contribution in [0.2, 0.25) is 5.15 Å². The zero-order chi connectivity index (χ0) is 13.1. The minimum absolute atomic E-state index is 0.385.